The van der Waals surface area contributed by atoms with Gasteiger partial charge < -0.3 is 5.73 Å². The van der Waals surface area contributed by atoms with Gasteiger partial charge in [-0.1, -0.05) is 24.3 Å². The second-order valence-electron chi connectivity index (χ2n) is 4.57. The van der Waals surface area contributed by atoms with Crippen molar-refractivity contribution < 1.29 is 0 Å². The quantitative estimate of drug-likeness (QED) is 0.534. The third kappa shape index (κ3) is 1.60. The van der Waals surface area contributed by atoms with Crippen LogP contribution >= 0.6 is 0 Å². The second kappa shape index (κ2) is 4.03. The lowest BCUT2D eigenvalue weighted by atomic mass is 10.1. The standard InChI is InChI=1S/C15H11N5/c16-14-15(20-7-3-6-17-20)19-13-9-11-5-2-1-4-10(11)8-12(13)18-14/h1-9H,(H2,16,18). The minimum atomic E-state index is 0.372. The van der Waals surface area contributed by atoms with E-state index in [0.717, 1.165) is 21.8 Å². The minimum absolute atomic E-state index is 0.372. The molecule has 0 spiro atoms. The number of rotatable bonds is 1. The van der Waals surface area contributed by atoms with Gasteiger partial charge in [0, 0.05) is 12.4 Å². The van der Waals surface area contributed by atoms with Crippen LogP contribution in [0.4, 0.5) is 5.82 Å². The molecule has 4 rings (SSSR count). The Morgan fingerprint density at radius 2 is 1.60 bits per heavy atom. The molecule has 2 aromatic heterocycles. The normalized spacial score (nSPS) is 11.2. The predicted molar refractivity (Wildman–Crippen MR) is 78.6 cm³/mol. The van der Waals surface area contributed by atoms with E-state index in [1.54, 1.807) is 17.1 Å². The maximum absolute atomic E-state index is 5.99. The molecule has 0 aliphatic carbocycles. The molecule has 0 saturated carbocycles. The van der Waals surface area contributed by atoms with Gasteiger partial charge in [-0.2, -0.15) is 5.10 Å². The topological polar surface area (TPSA) is 69.6 Å². The number of hydrogen-bond donors (Lipinski definition) is 1. The average Bonchev–Trinajstić information content (AvgIpc) is 2.98. The Morgan fingerprint density at radius 1 is 0.900 bits per heavy atom. The van der Waals surface area contributed by atoms with Crippen LogP contribution in [0.2, 0.25) is 0 Å². The zero-order valence-electron chi connectivity index (χ0n) is 10.6. The molecule has 0 aliphatic heterocycles. The van der Waals surface area contributed by atoms with Gasteiger partial charge >= 0.3 is 0 Å². The molecule has 0 amide bonds. The summed E-state index contributed by atoms with van der Waals surface area (Å²) in [6, 6.07) is 14.0. The summed E-state index contributed by atoms with van der Waals surface area (Å²) in [6.45, 7) is 0. The summed E-state index contributed by atoms with van der Waals surface area (Å²) in [5, 5.41) is 6.41. The van der Waals surface area contributed by atoms with E-state index < -0.39 is 0 Å². The summed E-state index contributed by atoms with van der Waals surface area (Å²) in [5.74, 6) is 0.925. The molecule has 2 heterocycles. The van der Waals surface area contributed by atoms with Crippen LogP contribution < -0.4 is 5.73 Å². The summed E-state index contributed by atoms with van der Waals surface area (Å²) in [4.78, 5) is 9.02. The van der Waals surface area contributed by atoms with Crippen molar-refractivity contribution in [2.24, 2.45) is 0 Å². The van der Waals surface area contributed by atoms with Crippen LogP contribution in [0.1, 0.15) is 0 Å². The SMILES string of the molecule is Nc1nc2cc3ccccc3cc2nc1-n1cccn1. The molecule has 0 radical (unpaired) electrons. The number of benzene rings is 2. The van der Waals surface area contributed by atoms with Crippen molar-refractivity contribution in [3.8, 4) is 5.82 Å². The molecule has 0 fully saturated rings. The first-order chi connectivity index (χ1) is 9.81. The number of nitrogens with zero attached hydrogens (tertiary/aromatic N) is 4. The van der Waals surface area contributed by atoms with Crippen LogP contribution in [-0.4, -0.2) is 19.7 Å². The van der Waals surface area contributed by atoms with Crippen molar-refractivity contribution in [2.75, 3.05) is 5.73 Å². The molecule has 0 aliphatic rings. The second-order valence-corrected chi connectivity index (χ2v) is 4.57. The molecule has 0 bridgehead atoms. The van der Waals surface area contributed by atoms with E-state index in [2.05, 4.69) is 21.1 Å². The fourth-order valence-electron chi connectivity index (χ4n) is 2.31. The van der Waals surface area contributed by atoms with Gasteiger partial charge in [0.2, 0.25) is 0 Å². The molecular weight excluding hydrogens is 250 g/mol. The van der Waals surface area contributed by atoms with Crippen molar-refractivity contribution in [2.45, 2.75) is 0 Å². The average molecular weight is 261 g/mol. The van der Waals surface area contributed by atoms with Gasteiger partial charge in [-0.05, 0) is 29.0 Å². The van der Waals surface area contributed by atoms with E-state index in [1.165, 1.54) is 0 Å². The molecule has 0 unspecified atom stereocenters. The highest BCUT2D eigenvalue weighted by atomic mass is 15.3. The first-order valence-corrected chi connectivity index (χ1v) is 6.27. The molecule has 96 valence electrons. The highest BCUT2D eigenvalue weighted by Crippen LogP contribution is 2.23. The van der Waals surface area contributed by atoms with Crippen LogP contribution in [0.3, 0.4) is 0 Å². The summed E-state index contributed by atoms with van der Waals surface area (Å²) in [7, 11) is 0. The van der Waals surface area contributed by atoms with E-state index in [-0.39, 0.29) is 0 Å². The predicted octanol–water partition coefficient (Wildman–Crippen LogP) is 2.55. The molecule has 5 nitrogen and oxygen atoms in total. The van der Waals surface area contributed by atoms with E-state index in [1.807, 2.05) is 36.4 Å². The van der Waals surface area contributed by atoms with Gasteiger partial charge in [0.25, 0.3) is 0 Å². The summed E-state index contributed by atoms with van der Waals surface area (Å²) in [5.41, 5.74) is 7.59. The third-order valence-corrected chi connectivity index (χ3v) is 3.26. The van der Waals surface area contributed by atoms with Crippen LogP contribution in [0.15, 0.2) is 54.9 Å². The Morgan fingerprint density at radius 3 is 2.25 bits per heavy atom. The fourth-order valence-corrected chi connectivity index (χ4v) is 2.31. The first-order valence-electron chi connectivity index (χ1n) is 6.27. The number of hydrogen-bond acceptors (Lipinski definition) is 4. The van der Waals surface area contributed by atoms with Gasteiger partial charge in [0.1, 0.15) is 0 Å². The number of anilines is 1. The van der Waals surface area contributed by atoms with Crippen LogP contribution in [0.5, 0.6) is 0 Å². The number of nitrogen functional groups attached to an aromatic ring is 1. The highest BCUT2D eigenvalue weighted by molar-refractivity contribution is 5.95. The van der Waals surface area contributed by atoms with Gasteiger partial charge in [0.15, 0.2) is 11.6 Å². The van der Waals surface area contributed by atoms with Crippen molar-refractivity contribution >= 4 is 27.6 Å². The lowest BCUT2D eigenvalue weighted by molar-refractivity contribution is 0.850. The van der Waals surface area contributed by atoms with Crippen LogP contribution in [-0.2, 0) is 0 Å². The van der Waals surface area contributed by atoms with Crippen molar-refractivity contribution in [3.63, 3.8) is 0 Å². The van der Waals surface area contributed by atoms with Crippen molar-refractivity contribution in [1.29, 1.82) is 0 Å². The van der Waals surface area contributed by atoms with Gasteiger partial charge in [-0.15, -0.1) is 0 Å². The Balaban J connectivity index is 2.05. The maximum Gasteiger partial charge on any atom is 0.196 e. The number of fused-ring (bicyclic) bond motifs is 2. The molecular formula is C15H11N5. The molecule has 5 heteroatoms. The molecule has 20 heavy (non-hydrogen) atoms. The van der Waals surface area contributed by atoms with E-state index in [9.17, 15) is 0 Å². The monoisotopic (exact) mass is 261 g/mol. The van der Waals surface area contributed by atoms with Crippen LogP contribution in [0.25, 0.3) is 27.6 Å². The molecule has 0 saturated heterocycles. The lowest BCUT2D eigenvalue weighted by Crippen LogP contribution is -2.05. The maximum atomic E-state index is 5.99. The zero-order valence-corrected chi connectivity index (χ0v) is 10.6. The van der Waals surface area contributed by atoms with Crippen LogP contribution in [0, 0.1) is 0 Å². The number of nitrogens with two attached hydrogens (primary N) is 1. The zero-order chi connectivity index (χ0) is 13.5. The molecule has 2 aromatic carbocycles. The van der Waals surface area contributed by atoms with Crippen molar-refractivity contribution in [1.82, 2.24) is 19.7 Å². The van der Waals surface area contributed by atoms with E-state index >= 15 is 0 Å². The minimum Gasteiger partial charge on any atom is -0.381 e. The van der Waals surface area contributed by atoms with Gasteiger partial charge in [-0.3, -0.25) is 0 Å². The Bertz CT molecular complexity index is 912. The Hall–Kier alpha value is -2.95. The Labute approximate surface area is 114 Å². The smallest absolute Gasteiger partial charge is 0.196 e. The number of aromatic nitrogens is 4. The highest BCUT2D eigenvalue weighted by Gasteiger charge is 2.09. The summed E-state index contributed by atoms with van der Waals surface area (Å²) < 4.78 is 1.62. The summed E-state index contributed by atoms with van der Waals surface area (Å²) >= 11 is 0. The van der Waals surface area contributed by atoms with Gasteiger partial charge in [0.05, 0.1) is 11.0 Å². The first kappa shape index (κ1) is 10.9. The van der Waals surface area contributed by atoms with E-state index in [0.29, 0.717) is 11.6 Å². The Kier molecular flexibility index (Phi) is 2.20. The van der Waals surface area contributed by atoms with E-state index in [4.69, 9.17) is 5.73 Å². The fraction of sp³-hybridized carbons (Fsp3) is 0. The lowest BCUT2D eigenvalue weighted by Gasteiger charge is -2.07. The third-order valence-electron chi connectivity index (χ3n) is 3.26. The molecule has 2 N–H and O–H groups in total. The molecule has 0 atom stereocenters. The largest absolute Gasteiger partial charge is 0.381 e. The van der Waals surface area contributed by atoms with Crippen molar-refractivity contribution in [3.05, 3.63) is 54.9 Å². The molecule has 4 aromatic rings. The summed E-state index contributed by atoms with van der Waals surface area (Å²) in [6.07, 6.45) is 3.49. The van der Waals surface area contributed by atoms with Gasteiger partial charge in [-0.25, -0.2) is 14.6 Å².